The highest BCUT2D eigenvalue weighted by molar-refractivity contribution is 8.04. The van der Waals surface area contributed by atoms with Crippen LogP contribution in [0.1, 0.15) is 12.0 Å². The molecular weight excluding hydrogens is 396 g/mol. The number of nitrogens with zero attached hydrogens (tertiary/aromatic N) is 1. The number of anilines is 1. The number of nitrogens with one attached hydrogen (secondary N) is 1. The zero-order chi connectivity index (χ0) is 19.9. The zero-order valence-corrected chi connectivity index (χ0v) is 17.1. The van der Waals surface area contributed by atoms with E-state index in [1.807, 2.05) is 42.5 Å². The molecule has 1 aliphatic heterocycles. The van der Waals surface area contributed by atoms with Gasteiger partial charge in [0.15, 0.2) is 0 Å². The summed E-state index contributed by atoms with van der Waals surface area (Å²) < 4.78 is 4.97. The number of fused-ring (bicyclic) bond motifs is 1. The van der Waals surface area contributed by atoms with Crippen LogP contribution in [0, 0.1) is 0 Å². The Morgan fingerprint density at radius 1 is 1.21 bits per heavy atom. The number of carbonyl (C=O) groups is 2. The largest absolute Gasteiger partial charge is 0.385 e. The van der Waals surface area contributed by atoms with Crippen LogP contribution >= 0.6 is 23.4 Å². The maximum atomic E-state index is 13.1. The first-order valence-electron chi connectivity index (χ1n) is 8.91. The third-order valence-corrected chi connectivity index (χ3v) is 5.65. The van der Waals surface area contributed by atoms with Gasteiger partial charge in [0.2, 0.25) is 5.91 Å². The van der Waals surface area contributed by atoms with Crippen molar-refractivity contribution in [2.45, 2.75) is 17.9 Å². The van der Waals surface area contributed by atoms with Gasteiger partial charge in [-0.2, -0.15) is 0 Å². The molecule has 0 unspecified atom stereocenters. The van der Waals surface area contributed by atoms with Gasteiger partial charge < -0.3 is 15.0 Å². The standard InChI is InChI=1S/C21H21ClN2O3S/c1-27-12-6-11-23-20(25)13-19-21(26)24(14-15-7-2-3-8-16(15)22)17-9-4-5-10-18(17)28-19/h2-5,7-10,13H,6,11-12,14H2,1H3,(H,23,25)/b19-13+. The number of amides is 2. The lowest BCUT2D eigenvalue weighted by Crippen LogP contribution is -2.34. The molecule has 0 saturated heterocycles. The van der Waals surface area contributed by atoms with Crippen LogP contribution in [0.5, 0.6) is 0 Å². The highest BCUT2D eigenvalue weighted by Crippen LogP contribution is 2.42. The Morgan fingerprint density at radius 3 is 2.75 bits per heavy atom. The van der Waals surface area contributed by atoms with Gasteiger partial charge >= 0.3 is 0 Å². The fourth-order valence-corrected chi connectivity index (χ4v) is 4.04. The van der Waals surface area contributed by atoms with E-state index in [1.54, 1.807) is 18.1 Å². The number of hydrogen-bond acceptors (Lipinski definition) is 4. The maximum Gasteiger partial charge on any atom is 0.265 e. The predicted molar refractivity (Wildman–Crippen MR) is 113 cm³/mol. The van der Waals surface area contributed by atoms with Crippen molar-refractivity contribution in [1.82, 2.24) is 5.32 Å². The highest BCUT2D eigenvalue weighted by atomic mass is 35.5. The lowest BCUT2D eigenvalue weighted by molar-refractivity contribution is -0.118. The van der Waals surface area contributed by atoms with Gasteiger partial charge in [-0.05, 0) is 30.2 Å². The van der Waals surface area contributed by atoms with Crippen molar-refractivity contribution >= 4 is 40.9 Å². The Morgan fingerprint density at radius 2 is 1.96 bits per heavy atom. The average Bonchev–Trinajstić information content (AvgIpc) is 2.70. The van der Waals surface area contributed by atoms with E-state index in [0.29, 0.717) is 36.0 Å². The van der Waals surface area contributed by atoms with Crippen molar-refractivity contribution in [3.8, 4) is 0 Å². The SMILES string of the molecule is COCCCNC(=O)/C=C1/Sc2ccccc2N(Cc2ccccc2Cl)C1=O. The van der Waals surface area contributed by atoms with E-state index >= 15 is 0 Å². The van der Waals surface area contributed by atoms with Crippen molar-refractivity contribution in [2.75, 3.05) is 25.2 Å². The molecule has 5 nitrogen and oxygen atoms in total. The summed E-state index contributed by atoms with van der Waals surface area (Å²) in [6.07, 6.45) is 2.09. The third kappa shape index (κ3) is 4.95. The van der Waals surface area contributed by atoms with E-state index in [4.69, 9.17) is 16.3 Å². The first kappa shape index (κ1) is 20.5. The van der Waals surface area contributed by atoms with Gasteiger partial charge in [0.1, 0.15) is 0 Å². The van der Waals surface area contributed by atoms with Crippen LogP contribution in [0.15, 0.2) is 64.4 Å². The van der Waals surface area contributed by atoms with Gasteiger partial charge in [0, 0.05) is 36.3 Å². The second-order valence-corrected chi connectivity index (χ2v) is 7.69. The van der Waals surface area contributed by atoms with E-state index in [9.17, 15) is 9.59 Å². The molecule has 1 heterocycles. The minimum Gasteiger partial charge on any atom is -0.385 e. The third-order valence-electron chi connectivity index (χ3n) is 4.20. The minimum atomic E-state index is -0.288. The molecule has 1 N–H and O–H groups in total. The Bertz CT molecular complexity index is 901. The lowest BCUT2D eigenvalue weighted by atomic mass is 10.1. The molecule has 0 spiro atoms. The van der Waals surface area contributed by atoms with E-state index in [0.717, 1.165) is 16.1 Å². The van der Waals surface area contributed by atoms with Crippen molar-refractivity contribution in [1.29, 1.82) is 0 Å². The van der Waals surface area contributed by atoms with E-state index in [-0.39, 0.29) is 11.8 Å². The molecule has 146 valence electrons. The summed E-state index contributed by atoms with van der Waals surface area (Å²) in [6.45, 7) is 1.40. The molecule has 0 saturated carbocycles. The molecular formula is C21H21ClN2O3S. The first-order valence-corrected chi connectivity index (χ1v) is 10.1. The van der Waals surface area contributed by atoms with E-state index < -0.39 is 0 Å². The van der Waals surface area contributed by atoms with Crippen LogP contribution in [0.2, 0.25) is 5.02 Å². The number of thioether (sulfide) groups is 1. The number of rotatable bonds is 7. The number of para-hydroxylation sites is 1. The van der Waals surface area contributed by atoms with Crippen LogP contribution < -0.4 is 10.2 Å². The molecule has 3 rings (SSSR count). The molecule has 0 aromatic heterocycles. The zero-order valence-electron chi connectivity index (χ0n) is 15.5. The molecule has 2 aromatic rings. The Hall–Kier alpha value is -2.28. The number of halogens is 1. The molecule has 0 aliphatic carbocycles. The predicted octanol–water partition coefficient (Wildman–Crippen LogP) is 4.02. The molecule has 0 fully saturated rings. The van der Waals surface area contributed by atoms with Crippen LogP contribution in [-0.4, -0.2) is 32.1 Å². The van der Waals surface area contributed by atoms with Crippen LogP contribution in [-0.2, 0) is 20.9 Å². The maximum absolute atomic E-state index is 13.1. The number of methoxy groups -OCH3 is 1. The average molecular weight is 417 g/mol. The number of hydrogen-bond donors (Lipinski definition) is 1. The van der Waals surface area contributed by atoms with Crippen LogP contribution in [0.25, 0.3) is 0 Å². The van der Waals surface area contributed by atoms with E-state index in [2.05, 4.69) is 5.32 Å². The molecule has 7 heteroatoms. The van der Waals surface area contributed by atoms with Gasteiger partial charge in [-0.25, -0.2) is 0 Å². The quantitative estimate of drug-likeness (QED) is 0.547. The Kier molecular flexibility index (Phi) is 7.14. The van der Waals surface area contributed by atoms with Crippen molar-refractivity contribution < 1.29 is 14.3 Å². The highest BCUT2D eigenvalue weighted by Gasteiger charge is 2.30. The Balaban J connectivity index is 1.83. The van der Waals surface area contributed by atoms with Crippen LogP contribution in [0.4, 0.5) is 5.69 Å². The monoisotopic (exact) mass is 416 g/mol. The van der Waals surface area contributed by atoms with Gasteiger partial charge in [-0.1, -0.05) is 53.7 Å². The van der Waals surface area contributed by atoms with Gasteiger partial charge in [0.25, 0.3) is 5.91 Å². The molecule has 1 aliphatic rings. The fraction of sp³-hybridized carbons (Fsp3) is 0.238. The number of carbonyl (C=O) groups excluding carboxylic acids is 2. The normalized spacial score (nSPS) is 14.9. The number of ether oxygens (including phenoxy) is 1. The van der Waals surface area contributed by atoms with Gasteiger partial charge in [-0.3, -0.25) is 9.59 Å². The summed E-state index contributed by atoms with van der Waals surface area (Å²) in [7, 11) is 1.62. The smallest absolute Gasteiger partial charge is 0.265 e. The molecule has 28 heavy (non-hydrogen) atoms. The topological polar surface area (TPSA) is 58.6 Å². The second kappa shape index (κ2) is 9.78. The summed E-state index contributed by atoms with van der Waals surface area (Å²) in [6, 6.07) is 15.1. The van der Waals surface area contributed by atoms with Crippen LogP contribution in [0.3, 0.4) is 0 Å². The summed E-state index contributed by atoms with van der Waals surface area (Å²) in [5.74, 6) is -0.500. The van der Waals surface area contributed by atoms with Crippen molar-refractivity contribution in [3.63, 3.8) is 0 Å². The second-order valence-electron chi connectivity index (χ2n) is 6.20. The fourth-order valence-electron chi connectivity index (χ4n) is 2.81. The van der Waals surface area contributed by atoms with Crippen molar-refractivity contribution in [2.24, 2.45) is 0 Å². The summed E-state index contributed by atoms with van der Waals surface area (Å²) in [5.41, 5.74) is 1.66. The lowest BCUT2D eigenvalue weighted by Gasteiger charge is -2.30. The molecule has 0 bridgehead atoms. The Labute approximate surface area is 173 Å². The van der Waals surface area contributed by atoms with Gasteiger partial charge in [0.05, 0.1) is 17.1 Å². The summed E-state index contributed by atoms with van der Waals surface area (Å²) in [5, 5.41) is 3.39. The molecule has 2 aromatic carbocycles. The molecule has 0 atom stereocenters. The van der Waals surface area contributed by atoms with Crippen molar-refractivity contribution in [3.05, 3.63) is 70.1 Å². The molecule has 0 radical (unpaired) electrons. The molecule has 2 amide bonds. The van der Waals surface area contributed by atoms with E-state index in [1.165, 1.54) is 17.8 Å². The number of benzene rings is 2. The summed E-state index contributed by atoms with van der Waals surface area (Å²) in [4.78, 5) is 28.3. The minimum absolute atomic E-state index is 0.212. The van der Waals surface area contributed by atoms with Gasteiger partial charge in [-0.15, -0.1) is 0 Å². The first-order chi connectivity index (χ1) is 13.6. The summed E-state index contributed by atoms with van der Waals surface area (Å²) >= 11 is 7.60.